The number of nitrogens with one attached hydrogen (secondary N) is 2. The van der Waals surface area contributed by atoms with Gasteiger partial charge in [0.05, 0.1) is 5.69 Å². The van der Waals surface area contributed by atoms with E-state index in [1.807, 2.05) is 43.6 Å². The molecule has 0 fully saturated rings. The molecule has 1 heterocycles. The number of sulfonamides is 1. The number of nitrogens with zero attached hydrogens (tertiary/aromatic N) is 1. The molecule has 2 rings (SSSR count). The van der Waals surface area contributed by atoms with E-state index in [4.69, 9.17) is 0 Å². The molecule has 0 unspecified atom stereocenters. The summed E-state index contributed by atoms with van der Waals surface area (Å²) < 4.78 is 29.2. The summed E-state index contributed by atoms with van der Waals surface area (Å²) in [5.41, 5.74) is 5.76. The molecular weight excluding hydrogens is 286 g/mol. The van der Waals surface area contributed by atoms with Crippen LogP contribution in [0.4, 0.5) is 5.69 Å². The minimum atomic E-state index is -3.51. The Labute approximate surface area is 126 Å². The van der Waals surface area contributed by atoms with Gasteiger partial charge < -0.3 is 0 Å². The molecule has 0 aliphatic rings. The third kappa shape index (κ3) is 3.46. The highest BCUT2D eigenvalue weighted by Crippen LogP contribution is 2.22. The van der Waals surface area contributed by atoms with Crippen LogP contribution in [0.15, 0.2) is 41.3 Å². The van der Waals surface area contributed by atoms with E-state index in [2.05, 4.69) is 10.1 Å². The Morgan fingerprint density at radius 3 is 2.29 bits per heavy atom. The summed E-state index contributed by atoms with van der Waals surface area (Å²) in [7, 11) is -3.51. The normalized spacial score (nSPS) is 11.6. The average molecular weight is 307 g/mol. The SMILES string of the molecule is CCCNS(=O)(=O)c1ccccc1Nn1c(C)ccc1C. The van der Waals surface area contributed by atoms with Crippen LogP contribution in [-0.4, -0.2) is 19.6 Å². The molecule has 0 aliphatic heterocycles. The first-order valence-electron chi connectivity index (χ1n) is 6.96. The summed E-state index contributed by atoms with van der Waals surface area (Å²) in [4.78, 5) is 0.256. The summed E-state index contributed by atoms with van der Waals surface area (Å²) in [5, 5.41) is 0. The predicted octanol–water partition coefficient (Wildman–Crippen LogP) is 2.67. The zero-order valence-corrected chi connectivity index (χ0v) is 13.4. The minimum Gasteiger partial charge on any atom is -0.293 e. The highest BCUT2D eigenvalue weighted by molar-refractivity contribution is 7.89. The number of aromatic nitrogens is 1. The van der Waals surface area contributed by atoms with Gasteiger partial charge in [-0.25, -0.2) is 13.1 Å². The second-order valence-corrected chi connectivity index (χ2v) is 6.69. The van der Waals surface area contributed by atoms with Crippen LogP contribution < -0.4 is 10.1 Å². The van der Waals surface area contributed by atoms with Gasteiger partial charge in [-0.1, -0.05) is 19.1 Å². The van der Waals surface area contributed by atoms with Gasteiger partial charge in [0.1, 0.15) is 4.90 Å². The molecule has 0 aliphatic carbocycles. The van der Waals surface area contributed by atoms with E-state index >= 15 is 0 Å². The smallest absolute Gasteiger partial charge is 0.242 e. The van der Waals surface area contributed by atoms with Gasteiger partial charge in [-0.05, 0) is 44.5 Å². The molecule has 0 saturated carbocycles. The summed E-state index contributed by atoms with van der Waals surface area (Å²) in [6, 6.07) is 10.9. The molecule has 0 amide bonds. The van der Waals surface area contributed by atoms with Crippen molar-refractivity contribution >= 4 is 15.7 Å². The van der Waals surface area contributed by atoms with Crippen LogP contribution in [-0.2, 0) is 10.0 Å². The van der Waals surface area contributed by atoms with Gasteiger partial charge in [-0.3, -0.25) is 10.1 Å². The molecule has 5 nitrogen and oxygen atoms in total. The van der Waals surface area contributed by atoms with E-state index in [-0.39, 0.29) is 4.90 Å². The zero-order valence-electron chi connectivity index (χ0n) is 12.6. The summed E-state index contributed by atoms with van der Waals surface area (Å²) in [6.45, 7) is 6.29. The monoisotopic (exact) mass is 307 g/mol. The van der Waals surface area contributed by atoms with Crippen molar-refractivity contribution < 1.29 is 8.42 Å². The fraction of sp³-hybridized carbons (Fsp3) is 0.333. The van der Waals surface area contributed by atoms with E-state index in [1.165, 1.54) is 0 Å². The summed E-state index contributed by atoms with van der Waals surface area (Å²) in [5.74, 6) is 0. The maximum atomic E-state index is 12.3. The topological polar surface area (TPSA) is 63.1 Å². The number of para-hydroxylation sites is 1. The molecule has 2 N–H and O–H groups in total. The highest BCUT2D eigenvalue weighted by Gasteiger charge is 2.18. The first kappa shape index (κ1) is 15.6. The molecule has 0 atom stereocenters. The molecule has 21 heavy (non-hydrogen) atoms. The predicted molar refractivity (Wildman–Crippen MR) is 84.8 cm³/mol. The average Bonchev–Trinajstić information content (AvgIpc) is 2.77. The molecule has 0 bridgehead atoms. The fourth-order valence-electron chi connectivity index (χ4n) is 2.07. The number of anilines is 1. The molecule has 0 saturated heterocycles. The van der Waals surface area contributed by atoms with Crippen LogP contribution in [0, 0.1) is 13.8 Å². The van der Waals surface area contributed by atoms with Gasteiger partial charge in [0.15, 0.2) is 0 Å². The Kier molecular flexibility index (Phi) is 4.69. The lowest BCUT2D eigenvalue weighted by Crippen LogP contribution is -2.26. The summed E-state index contributed by atoms with van der Waals surface area (Å²) >= 11 is 0. The Hall–Kier alpha value is -1.79. The van der Waals surface area contributed by atoms with E-state index in [1.54, 1.807) is 18.2 Å². The number of rotatable bonds is 6. The first-order chi connectivity index (χ1) is 9.95. The van der Waals surface area contributed by atoms with Crippen LogP contribution in [0.5, 0.6) is 0 Å². The zero-order chi connectivity index (χ0) is 15.5. The molecule has 0 radical (unpaired) electrons. The lowest BCUT2D eigenvalue weighted by Gasteiger charge is -2.16. The van der Waals surface area contributed by atoms with Crippen molar-refractivity contribution in [3.8, 4) is 0 Å². The van der Waals surface area contributed by atoms with Gasteiger partial charge in [0, 0.05) is 17.9 Å². The third-order valence-electron chi connectivity index (χ3n) is 3.22. The number of benzene rings is 1. The lowest BCUT2D eigenvalue weighted by molar-refractivity contribution is 0.581. The Morgan fingerprint density at radius 2 is 1.67 bits per heavy atom. The van der Waals surface area contributed by atoms with Crippen molar-refractivity contribution in [1.82, 2.24) is 9.40 Å². The van der Waals surface area contributed by atoms with Gasteiger partial charge in [0.25, 0.3) is 0 Å². The molecular formula is C15H21N3O2S. The quantitative estimate of drug-likeness (QED) is 0.862. The third-order valence-corrected chi connectivity index (χ3v) is 4.74. The maximum Gasteiger partial charge on any atom is 0.242 e. The van der Waals surface area contributed by atoms with Crippen molar-refractivity contribution in [1.29, 1.82) is 0 Å². The number of hydrogen-bond donors (Lipinski definition) is 2. The van der Waals surface area contributed by atoms with Crippen molar-refractivity contribution in [2.45, 2.75) is 32.1 Å². The minimum absolute atomic E-state index is 0.256. The van der Waals surface area contributed by atoms with Crippen LogP contribution in [0.2, 0.25) is 0 Å². The Bertz CT molecular complexity index is 701. The fourth-order valence-corrected chi connectivity index (χ4v) is 3.36. The van der Waals surface area contributed by atoms with Gasteiger partial charge in [-0.2, -0.15) is 0 Å². The second kappa shape index (κ2) is 6.32. The lowest BCUT2D eigenvalue weighted by atomic mass is 10.3. The van der Waals surface area contributed by atoms with Crippen molar-refractivity contribution in [3.63, 3.8) is 0 Å². The molecule has 114 valence electrons. The number of aryl methyl sites for hydroxylation is 2. The molecule has 1 aromatic heterocycles. The van der Waals surface area contributed by atoms with Crippen molar-refractivity contribution in [2.24, 2.45) is 0 Å². The maximum absolute atomic E-state index is 12.3. The van der Waals surface area contributed by atoms with Gasteiger partial charge in [0.2, 0.25) is 10.0 Å². The van der Waals surface area contributed by atoms with E-state index in [0.717, 1.165) is 17.8 Å². The second-order valence-electron chi connectivity index (χ2n) is 4.96. The van der Waals surface area contributed by atoms with Gasteiger partial charge >= 0.3 is 0 Å². The van der Waals surface area contributed by atoms with E-state index in [0.29, 0.717) is 12.2 Å². The van der Waals surface area contributed by atoms with Crippen LogP contribution in [0.25, 0.3) is 0 Å². The summed E-state index contributed by atoms with van der Waals surface area (Å²) in [6.07, 6.45) is 0.755. The highest BCUT2D eigenvalue weighted by atomic mass is 32.2. The van der Waals surface area contributed by atoms with Gasteiger partial charge in [-0.15, -0.1) is 0 Å². The molecule has 0 spiro atoms. The van der Waals surface area contributed by atoms with Crippen LogP contribution >= 0.6 is 0 Å². The molecule has 6 heteroatoms. The van der Waals surface area contributed by atoms with Crippen LogP contribution in [0.3, 0.4) is 0 Å². The van der Waals surface area contributed by atoms with Crippen molar-refractivity contribution in [2.75, 3.05) is 12.0 Å². The molecule has 1 aromatic carbocycles. The van der Waals surface area contributed by atoms with E-state index < -0.39 is 10.0 Å². The number of hydrogen-bond acceptors (Lipinski definition) is 3. The first-order valence-corrected chi connectivity index (χ1v) is 8.44. The van der Waals surface area contributed by atoms with Crippen LogP contribution in [0.1, 0.15) is 24.7 Å². The molecule has 2 aromatic rings. The largest absolute Gasteiger partial charge is 0.293 e. The standard InChI is InChI=1S/C15H21N3O2S/c1-4-11-16-21(19,20)15-8-6-5-7-14(15)17-18-12(2)9-10-13(18)3/h5-10,16-17H,4,11H2,1-3H3. The Morgan fingerprint density at radius 1 is 1.05 bits per heavy atom. The van der Waals surface area contributed by atoms with E-state index in [9.17, 15) is 8.42 Å². The van der Waals surface area contributed by atoms with Crippen molar-refractivity contribution in [3.05, 3.63) is 47.8 Å². The Balaban J connectivity index is 2.38.